The molecule has 2 aromatic rings. The Bertz CT molecular complexity index is 810. The monoisotopic (exact) mass is 352 g/mol. The first-order chi connectivity index (χ1) is 12.5. The number of benzene rings is 2. The van der Waals surface area contributed by atoms with Gasteiger partial charge in [-0.1, -0.05) is 30.3 Å². The highest BCUT2D eigenvalue weighted by atomic mass is 16.6. The molecule has 0 saturated heterocycles. The number of allylic oxidation sites excluding steroid dienone is 1. The molecule has 0 aliphatic rings. The lowest BCUT2D eigenvalue weighted by molar-refractivity contribution is -0.384. The van der Waals surface area contributed by atoms with Gasteiger partial charge in [0.25, 0.3) is 5.69 Å². The van der Waals surface area contributed by atoms with Gasteiger partial charge in [0.1, 0.15) is 0 Å². The zero-order valence-corrected chi connectivity index (χ0v) is 14.6. The van der Waals surface area contributed by atoms with Crippen LogP contribution in [0.3, 0.4) is 0 Å². The normalized spacial score (nSPS) is 11.0. The Labute approximate surface area is 151 Å². The number of nitrogens with zero attached hydrogens (tertiary/aromatic N) is 3. The second-order valence-corrected chi connectivity index (χ2v) is 5.76. The Balaban J connectivity index is 1.80. The number of nitrogens with one attached hydrogen (secondary N) is 1. The van der Waals surface area contributed by atoms with E-state index in [-0.39, 0.29) is 18.0 Å². The molecule has 0 aliphatic carbocycles. The van der Waals surface area contributed by atoms with E-state index in [2.05, 4.69) is 10.5 Å². The molecule has 7 nitrogen and oxygen atoms in total. The Kier molecular flexibility index (Phi) is 6.61. The van der Waals surface area contributed by atoms with Crippen molar-refractivity contribution >= 4 is 29.6 Å². The molecule has 1 amide bonds. The predicted molar refractivity (Wildman–Crippen MR) is 103 cm³/mol. The lowest BCUT2D eigenvalue weighted by Gasteiger charge is -2.11. The fourth-order valence-corrected chi connectivity index (χ4v) is 2.15. The van der Waals surface area contributed by atoms with Crippen LogP contribution in [-0.4, -0.2) is 31.1 Å². The average molecular weight is 352 g/mol. The van der Waals surface area contributed by atoms with Crippen molar-refractivity contribution in [1.29, 1.82) is 0 Å². The molecule has 26 heavy (non-hydrogen) atoms. The lowest BCUT2D eigenvalue weighted by atomic mass is 10.1. The molecule has 0 saturated carbocycles. The third-order valence-electron chi connectivity index (χ3n) is 3.56. The smallest absolute Gasteiger partial charge is 0.269 e. The zero-order valence-electron chi connectivity index (χ0n) is 14.6. The summed E-state index contributed by atoms with van der Waals surface area (Å²) in [6.07, 6.45) is 5.21. The van der Waals surface area contributed by atoms with Crippen LogP contribution in [0.15, 0.2) is 59.7 Å². The molecule has 7 heteroatoms. The van der Waals surface area contributed by atoms with Gasteiger partial charge in [-0.25, -0.2) is 5.43 Å². The summed E-state index contributed by atoms with van der Waals surface area (Å²) in [6.45, 7) is 0. The number of anilines is 1. The number of hydrogen-bond acceptors (Lipinski definition) is 5. The number of nitro benzene ring substituents is 1. The number of nitro groups is 1. The summed E-state index contributed by atoms with van der Waals surface area (Å²) < 4.78 is 0. The zero-order chi connectivity index (χ0) is 18.9. The fraction of sp³-hybridized carbons (Fsp3) is 0.158. The van der Waals surface area contributed by atoms with Crippen molar-refractivity contribution in [2.75, 3.05) is 19.0 Å². The van der Waals surface area contributed by atoms with Crippen LogP contribution in [0.4, 0.5) is 11.4 Å². The first kappa shape index (κ1) is 18.9. The molecule has 0 aromatic heterocycles. The summed E-state index contributed by atoms with van der Waals surface area (Å²) in [5, 5.41) is 14.4. The largest absolute Gasteiger partial charge is 0.378 e. The number of hydrazone groups is 1. The van der Waals surface area contributed by atoms with E-state index in [0.29, 0.717) is 5.56 Å². The first-order valence-electron chi connectivity index (χ1n) is 7.95. The van der Waals surface area contributed by atoms with Crippen molar-refractivity contribution in [2.45, 2.75) is 6.42 Å². The molecule has 2 rings (SSSR count). The maximum atomic E-state index is 11.8. The van der Waals surface area contributed by atoms with Gasteiger partial charge >= 0.3 is 0 Å². The lowest BCUT2D eigenvalue weighted by Crippen LogP contribution is -2.19. The number of carbonyl (C=O) groups excluding carboxylic acids is 1. The maximum absolute atomic E-state index is 11.8. The minimum atomic E-state index is -0.478. The molecular formula is C19H20N4O3. The Hall–Kier alpha value is -3.48. The van der Waals surface area contributed by atoms with E-state index in [1.807, 2.05) is 49.3 Å². The van der Waals surface area contributed by atoms with Gasteiger partial charge in [0.15, 0.2) is 0 Å². The number of rotatable bonds is 7. The molecule has 0 unspecified atom stereocenters. The summed E-state index contributed by atoms with van der Waals surface area (Å²) in [5.41, 5.74) is 5.24. The highest BCUT2D eigenvalue weighted by Gasteiger charge is 2.06. The van der Waals surface area contributed by atoms with E-state index in [4.69, 9.17) is 0 Å². The molecule has 0 aliphatic heterocycles. The second-order valence-electron chi connectivity index (χ2n) is 5.76. The van der Waals surface area contributed by atoms with Crippen molar-refractivity contribution < 1.29 is 9.72 Å². The van der Waals surface area contributed by atoms with Crippen LogP contribution < -0.4 is 10.3 Å². The number of amides is 1. The summed E-state index contributed by atoms with van der Waals surface area (Å²) in [4.78, 5) is 23.9. The molecule has 0 fully saturated rings. The van der Waals surface area contributed by atoms with Gasteiger partial charge in [0.05, 0.1) is 11.3 Å². The molecule has 0 bridgehead atoms. The molecule has 0 heterocycles. The predicted octanol–water partition coefficient (Wildman–Crippen LogP) is 3.02. The average Bonchev–Trinajstić information content (AvgIpc) is 2.62. The van der Waals surface area contributed by atoms with Crippen molar-refractivity contribution in [3.8, 4) is 0 Å². The maximum Gasteiger partial charge on any atom is 0.269 e. The highest BCUT2D eigenvalue weighted by Crippen LogP contribution is 2.13. The summed E-state index contributed by atoms with van der Waals surface area (Å²) in [5.74, 6) is -0.293. The van der Waals surface area contributed by atoms with Crippen LogP contribution in [0.25, 0.3) is 6.08 Å². The quantitative estimate of drug-likeness (QED) is 0.471. The topological polar surface area (TPSA) is 87.8 Å². The minimum absolute atomic E-state index is 0.00377. The van der Waals surface area contributed by atoms with Crippen molar-refractivity contribution in [1.82, 2.24) is 5.43 Å². The Morgan fingerprint density at radius 2 is 1.81 bits per heavy atom. The number of non-ortho nitro benzene ring substituents is 1. The van der Waals surface area contributed by atoms with E-state index in [0.717, 1.165) is 11.3 Å². The van der Waals surface area contributed by atoms with Crippen LogP contribution in [0, 0.1) is 10.1 Å². The van der Waals surface area contributed by atoms with Crippen molar-refractivity contribution in [3.05, 3.63) is 75.8 Å². The van der Waals surface area contributed by atoms with Gasteiger partial charge in [-0.05, 0) is 29.3 Å². The van der Waals surface area contributed by atoms with Gasteiger partial charge in [0.2, 0.25) is 5.91 Å². The number of hydrogen-bond donors (Lipinski definition) is 1. The third-order valence-corrected chi connectivity index (χ3v) is 3.56. The number of carbonyl (C=O) groups is 1. The Morgan fingerprint density at radius 3 is 2.38 bits per heavy atom. The van der Waals surface area contributed by atoms with Gasteiger partial charge in [-0.15, -0.1) is 0 Å². The summed E-state index contributed by atoms with van der Waals surface area (Å²) in [7, 11) is 3.97. The van der Waals surface area contributed by atoms with Gasteiger partial charge in [-0.2, -0.15) is 5.10 Å². The van der Waals surface area contributed by atoms with Crippen LogP contribution in [0.1, 0.15) is 11.1 Å². The fourth-order valence-electron chi connectivity index (χ4n) is 2.15. The molecule has 0 atom stereocenters. The molecule has 2 aromatic carbocycles. The first-order valence-corrected chi connectivity index (χ1v) is 7.95. The standard InChI is InChI=1S/C19H20N4O3/c1-22(2)17-9-5-15(6-10-17)4-3-13-20-21-19(24)14-16-7-11-18(12-8-16)23(25)26/h3-13H,14H2,1-2H3,(H,21,24). The molecule has 134 valence electrons. The second kappa shape index (κ2) is 9.12. The van der Waals surface area contributed by atoms with Gasteiger partial charge in [-0.3, -0.25) is 14.9 Å². The van der Waals surface area contributed by atoms with Gasteiger partial charge < -0.3 is 4.90 Å². The van der Waals surface area contributed by atoms with Crippen molar-refractivity contribution in [3.63, 3.8) is 0 Å². The SMILES string of the molecule is CN(C)c1ccc(C=CC=NNC(=O)Cc2ccc([N+](=O)[O-])cc2)cc1. The highest BCUT2D eigenvalue weighted by molar-refractivity contribution is 5.82. The molecular weight excluding hydrogens is 332 g/mol. The third kappa shape index (κ3) is 5.86. The van der Waals surface area contributed by atoms with Crippen LogP contribution >= 0.6 is 0 Å². The van der Waals surface area contributed by atoms with E-state index < -0.39 is 4.92 Å². The molecule has 0 spiro atoms. The van der Waals surface area contributed by atoms with E-state index >= 15 is 0 Å². The van der Waals surface area contributed by atoms with E-state index in [1.54, 1.807) is 18.2 Å². The molecule has 1 N–H and O–H groups in total. The van der Waals surface area contributed by atoms with Gasteiger partial charge in [0, 0.05) is 38.1 Å². The summed E-state index contributed by atoms with van der Waals surface area (Å²) >= 11 is 0. The minimum Gasteiger partial charge on any atom is -0.378 e. The van der Waals surface area contributed by atoms with Crippen LogP contribution in [0.5, 0.6) is 0 Å². The van der Waals surface area contributed by atoms with E-state index in [1.165, 1.54) is 18.3 Å². The van der Waals surface area contributed by atoms with Crippen LogP contribution in [0.2, 0.25) is 0 Å². The van der Waals surface area contributed by atoms with Crippen molar-refractivity contribution in [2.24, 2.45) is 5.10 Å². The molecule has 0 radical (unpaired) electrons. The van der Waals surface area contributed by atoms with Crippen LogP contribution in [-0.2, 0) is 11.2 Å². The van der Waals surface area contributed by atoms with E-state index in [9.17, 15) is 14.9 Å². The Morgan fingerprint density at radius 1 is 1.15 bits per heavy atom. The summed E-state index contributed by atoms with van der Waals surface area (Å²) in [6, 6.07) is 13.9.